The van der Waals surface area contributed by atoms with Crippen molar-refractivity contribution in [1.29, 1.82) is 0 Å². The van der Waals surface area contributed by atoms with Gasteiger partial charge in [-0.25, -0.2) is 0 Å². The number of nitro groups is 1. The van der Waals surface area contributed by atoms with Crippen LogP contribution >= 0.6 is 0 Å². The quantitative estimate of drug-likeness (QED) is 0.294. The average Bonchev–Trinajstić information content (AvgIpc) is 3.26. The summed E-state index contributed by atoms with van der Waals surface area (Å²) < 4.78 is 6.17. The van der Waals surface area contributed by atoms with Crippen molar-refractivity contribution in [2.45, 2.75) is 38.3 Å². The molecule has 3 aromatic rings. The molecule has 0 saturated carbocycles. The molecule has 32 heavy (non-hydrogen) atoms. The first-order chi connectivity index (χ1) is 15.3. The first kappa shape index (κ1) is 22.2. The fraction of sp³-hybridized carbons (Fsp3) is 0.259. The number of rotatable bonds is 5. The zero-order chi connectivity index (χ0) is 22.8. The minimum atomic E-state index is -2.30. The third kappa shape index (κ3) is 4.18. The van der Waals surface area contributed by atoms with Crippen molar-refractivity contribution in [3.63, 3.8) is 0 Å². The molecule has 0 spiro atoms. The molecule has 4 rings (SSSR count). The van der Waals surface area contributed by atoms with E-state index in [-0.39, 0.29) is 21.8 Å². The normalized spacial score (nSPS) is 18.1. The molecule has 0 aromatic heterocycles. The van der Waals surface area contributed by atoms with Crippen molar-refractivity contribution in [1.82, 2.24) is 0 Å². The van der Waals surface area contributed by atoms with Crippen molar-refractivity contribution in [2.24, 2.45) is 0 Å². The van der Waals surface area contributed by atoms with Crippen molar-refractivity contribution in [2.75, 3.05) is 6.61 Å². The Kier molecular flexibility index (Phi) is 6.13. The lowest BCUT2D eigenvalue weighted by Gasteiger charge is -2.42. The van der Waals surface area contributed by atoms with Gasteiger partial charge in [-0.2, -0.15) is 0 Å². The monoisotopic (exact) mass is 443 g/mol. The summed E-state index contributed by atoms with van der Waals surface area (Å²) in [5.74, 6) is 0. The Morgan fingerprint density at radius 3 is 1.91 bits per heavy atom. The van der Waals surface area contributed by atoms with E-state index in [4.69, 9.17) is 4.74 Å². The molecule has 1 fully saturated rings. The van der Waals surface area contributed by atoms with Gasteiger partial charge >= 0.3 is 0 Å². The summed E-state index contributed by atoms with van der Waals surface area (Å²) in [6.45, 7) is 7.63. The van der Waals surface area contributed by atoms with Crippen LogP contribution in [0.25, 0.3) is 0 Å². The lowest BCUT2D eigenvalue weighted by atomic mass is 10.1. The lowest BCUT2D eigenvalue weighted by Crippen LogP contribution is -2.63. The van der Waals surface area contributed by atoms with Gasteiger partial charge in [0.05, 0.1) is 17.6 Å². The highest BCUT2D eigenvalue weighted by molar-refractivity contribution is 7.07. The number of hydrogen-bond acceptors (Lipinski definition) is 3. The van der Waals surface area contributed by atoms with Crippen LogP contribution in [-0.4, -0.2) is 19.6 Å². The predicted octanol–water partition coefficient (Wildman–Crippen LogP) is 5.59. The summed E-state index contributed by atoms with van der Waals surface area (Å²) in [5.41, 5.74) is 4.95. The molecule has 1 heterocycles. The molecule has 0 bridgehead atoms. The predicted molar refractivity (Wildman–Crippen MR) is 132 cm³/mol. The highest BCUT2D eigenvalue weighted by atomic mass is 28.3. The second-order valence-electron chi connectivity index (χ2n) is 9.45. The molecule has 3 aromatic carbocycles. The summed E-state index contributed by atoms with van der Waals surface area (Å²) in [6, 6.07) is 28.5. The van der Waals surface area contributed by atoms with E-state index in [9.17, 15) is 10.1 Å². The highest BCUT2D eigenvalue weighted by Crippen LogP contribution is 2.40. The second-order valence-corrected chi connectivity index (χ2v) is 14.0. The average molecular weight is 444 g/mol. The minimum absolute atomic E-state index is 0.0498. The fourth-order valence-electron chi connectivity index (χ4n) is 4.81. The van der Waals surface area contributed by atoms with Crippen molar-refractivity contribution in [3.05, 3.63) is 112 Å². The standard InChI is InChI=1S/C27H29NO3Si/c1-27(2,3)32(24-10-6-4-7-11-24,25-12-8-5-9-13-25)20-21-18-26(31-19-21)22-14-16-23(17-15-22)28(29)30/h4-17,20,26H,18-19H2,1-3H3/b21-20-. The van der Waals surface area contributed by atoms with Gasteiger partial charge in [0.15, 0.2) is 0 Å². The van der Waals surface area contributed by atoms with Crippen LogP contribution in [0.4, 0.5) is 5.69 Å². The smallest absolute Gasteiger partial charge is 0.269 e. The number of ether oxygens (including phenoxy) is 1. The molecule has 0 aliphatic carbocycles. The maximum Gasteiger partial charge on any atom is 0.269 e. The lowest BCUT2D eigenvalue weighted by molar-refractivity contribution is -0.384. The van der Waals surface area contributed by atoms with Crippen LogP contribution in [0.3, 0.4) is 0 Å². The summed E-state index contributed by atoms with van der Waals surface area (Å²) in [5, 5.41) is 13.8. The van der Waals surface area contributed by atoms with E-state index < -0.39 is 8.07 Å². The molecule has 0 radical (unpaired) electrons. The van der Waals surface area contributed by atoms with E-state index in [1.807, 2.05) is 12.1 Å². The van der Waals surface area contributed by atoms with Crippen LogP contribution in [-0.2, 0) is 4.74 Å². The molecule has 4 nitrogen and oxygen atoms in total. The SMILES string of the molecule is CC(C)(C)[Si](/C=C1\COC(c2ccc([N+](=O)[O-])cc2)C1)(c1ccccc1)c1ccccc1. The Hall–Kier alpha value is -3.02. The fourth-order valence-corrected chi connectivity index (χ4v) is 9.89. The van der Waals surface area contributed by atoms with Gasteiger partial charge in [0.25, 0.3) is 5.69 Å². The van der Waals surface area contributed by atoms with Gasteiger partial charge in [-0.3, -0.25) is 10.1 Å². The first-order valence-electron chi connectivity index (χ1n) is 11.0. The van der Waals surface area contributed by atoms with Crippen LogP contribution in [0.5, 0.6) is 0 Å². The van der Waals surface area contributed by atoms with Crippen molar-refractivity contribution >= 4 is 24.1 Å². The van der Waals surface area contributed by atoms with Crippen molar-refractivity contribution in [3.8, 4) is 0 Å². The molecule has 5 heteroatoms. The van der Waals surface area contributed by atoms with E-state index in [1.54, 1.807) is 12.1 Å². The van der Waals surface area contributed by atoms with Crippen LogP contribution in [0.2, 0.25) is 5.04 Å². The van der Waals surface area contributed by atoms with Crippen LogP contribution in [0.15, 0.2) is 96.2 Å². The van der Waals surface area contributed by atoms with E-state index in [0.717, 1.165) is 12.0 Å². The van der Waals surface area contributed by atoms with Gasteiger partial charge in [0.2, 0.25) is 0 Å². The second kappa shape index (κ2) is 8.85. The summed E-state index contributed by atoms with van der Waals surface area (Å²) in [7, 11) is -2.30. The molecule has 1 aliphatic heterocycles. The Balaban J connectivity index is 1.75. The summed E-state index contributed by atoms with van der Waals surface area (Å²) >= 11 is 0. The molecule has 0 amide bonds. The molecular weight excluding hydrogens is 414 g/mol. The molecule has 1 aliphatic rings. The molecule has 1 saturated heterocycles. The Morgan fingerprint density at radius 1 is 0.906 bits per heavy atom. The third-order valence-corrected chi connectivity index (χ3v) is 12.2. The zero-order valence-electron chi connectivity index (χ0n) is 18.8. The summed E-state index contributed by atoms with van der Waals surface area (Å²) in [6.07, 6.45) is 0.739. The van der Waals surface area contributed by atoms with E-state index in [1.165, 1.54) is 15.9 Å². The number of nitrogens with zero attached hydrogens (tertiary/aromatic N) is 1. The van der Waals surface area contributed by atoms with Gasteiger partial charge in [-0.15, -0.1) is 0 Å². The first-order valence-corrected chi connectivity index (χ1v) is 13.1. The Morgan fingerprint density at radius 2 is 1.44 bits per heavy atom. The molecule has 0 N–H and O–H groups in total. The topological polar surface area (TPSA) is 52.4 Å². The van der Waals surface area contributed by atoms with Gasteiger partial charge in [-0.05, 0) is 38.7 Å². The third-order valence-electron chi connectivity index (χ3n) is 6.46. The Labute approximate surface area is 190 Å². The van der Waals surface area contributed by atoms with Gasteiger partial charge in [0.1, 0.15) is 8.07 Å². The zero-order valence-corrected chi connectivity index (χ0v) is 19.8. The summed E-state index contributed by atoms with van der Waals surface area (Å²) in [4.78, 5) is 10.6. The number of hydrogen-bond donors (Lipinski definition) is 0. The van der Waals surface area contributed by atoms with E-state index in [0.29, 0.717) is 6.61 Å². The minimum Gasteiger partial charge on any atom is -0.369 e. The Bertz CT molecular complexity index is 1060. The molecule has 164 valence electrons. The van der Waals surface area contributed by atoms with Crippen LogP contribution in [0.1, 0.15) is 38.9 Å². The van der Waals surface area contributed by atoms with Crippen molar-refractivity contribution < 1.29 is 9.66 Å². The van der Waals surface area contributed by atoms with Gasteiger partial charge < -0.3 is 4.74 Å². The van der Waals surface area contributed by atoms with Crippen LogP contribution < -0.4 is 10.4 Å². The van der Waals surface area contributed by atoms with E-state index >= 15 is 0 Å². The maximum absolute atomic E-state index is 11.0. The maximum atomic E-state index is 11.0. The molecule has 1 unspecified atom stereocenters. The van der Waals surface area contributed by atoms with Crippen LogP contribution in [0, 0.1) is 10.1 Å². The number of benzene rings is 3. The van der Waals surface area contributed by atoms with Gasteiger partial charge in [-0.1, -0.05) is 87.1 Å². The number of nitro benzene ring substituents is 1. The van der Waals surface area contributed by atoms with E-state index in [2.05, 4.69) is 87.1 Å². The molecular formula is C27H29NO3Si. The highest BCUT2D eigenvalue weighted by Gasteiger charge is 2.46. The largest absolute Gasteiger partial charge is 0.369 e. The van der Waals surface area contributed by atoms with Gasteiger partial charge in [0, 0.05) is 18.6 Å². The molecule has 1 atom stereocenters. The number of non-ortho nitro benzene ring substituents is 1.